The number of ether oxygens (including phenoxy) is 3. The van der Waals surface area contributed by atoms with Crippen LogP contribution in [0.2, 0.25) is 0 Å². The molecule has 1 N–H and O–H groups in total. The van der Waals surface area contributed by atoms with Crippen molar-refractivity contribution >= 4 is 5.97 Å². The van der Waals surface area contributed by atoms with Gasteiger partial charge in [-0.3, -0.25) is 4.90 Å². The number of piperidine rings is 1. The third kappa shape index (κ3) is 4.73. The minimum Gasteiger partial charge on any atom is -0.493 e. The van der Waals surface area contributed by atoms with Crippen molar-refractivity contribution in [3.63, 3.8) is 0 Å². The van der Waals surface area contributed by atoms with Crippen LogP contribution in [-0.2, 0) is 22.6 Å². The lowest BCUT2D eigenvalue weighted by molar-refractivity contribution is -0.186. The van der Waals surface area contributed by atoms with Gasteiger partial charge in [-0.15, -0.1) is 0 Å². The Bertz CT molecular complexity index is 976. The summed E-state index contributed by atoms with van der Waals surface area (Å²) in [5.74, 6) is 1.03. The monoisotopic (exact) mass is 453 g/mol. The number of carbonyl (C=O) groups excluding carboxylic acids is 1. The zero-order valence-electron chi connectivity index (χ0n) is 20.0. The van der Waals surface area contributed by atoms with Crippen molar-refractivity contribution in [3.8, 4) is 11.5 Å². The predicted octanol–water partition coefficient (Wildman–Crippen LogP) is 4.14. The average molecular weight is 454 g/mol. The van der Waals surface area contributed by atoms with Crippen LogP contribution in [0, 0.1) is 11.8 Å². The summed E-state index contributed by atoms with van der Waals surface area (Å²) in [5.41, 5.74) is 1.64. The van der Waals surface area contributed by atoms with Gasteiger partial charge in [-0.2, -0.15) is 0 Å². The van der Waals surface area contributed by atoms with Gasteiger partial charge in [-0.25, -0.2) is 4.79 Å². The molecule has 0 spiro atoms. The van der Waals surface area contributed by atoms with Crippen molar-refractivity contribution in [3.05, 3.63) is 59.2 Å². The maximum absolute atomic E-state index is 13.4. The van der Waals surface area contributed by atoms with Crippen LogP contribution >= 0.6 is 0 Å². The highest BCUT2D eigenvalue weighted by Gasteiger charge is 2.53. The first-order valence-corrected chi connectivity index (χ1v) is 11.8. The molecule has 0 radical (unpaired) electrons. The van der Waals surface area contributed by atoms with E-state index in [1.54, 1.807) is 14.2 Å². The lowest BCUT2D eigenvalue weighted by Gasteiger charge is -2.50. The minimum absolute atomic E-state index is 0.0776. The smallest absolute Gasteiger partial charge is 0.338 e. The summed E-state index contributed by atoms with van der Waals surface area (Å²) in [6.07, 6.45) is 1.97. The number of rotatable bonds is 7. The zero-order valence-corrected chi connectivity index (χ0v) is 20.0. The highest BCUT2D eigenvalue weighted by Crippen LogP contribution is 2.47. The molecule has 2 aliphatic heterocycles. The van der Waals surface area contributed by atoms with Gasteiger partial charge in [0.05, 0.1) is 14.2 Å². The third-order valence-electron chi connectivity index (χ3n) is 7.07. The van der Waals surface area contributed by atoms with Gasteiger partial charge in [0.1, 0.15) is 6.61 Å². The summed E-state index contributed by atoms with van der Waals surface area (Å²) < 4.78 is 16.7. The molecule has 6 nitrogen and oxygen atoms in total. The molecule has 1 unspecified atom stereocenters. The van der Waals surface area contributed by atoms with Crippen molar-refractivity contribution < 1.29 is 24.1 Å². The molecule has 1 saturated heterocycles. The van der Waals surface area contributed by atoms with Gasteiger partial charge in [-0.1, -0.05) is 44.2 Å². The SMILES string of the molecule is COc1cc2c(cc1OC)[C@H]1CC(O)(C(=O)OCc3ccccc3)[C@H](CC(C)C)CN1CC2. The normalized spacial score (nSPS) is 24.7. The van der Waals surface area contributed by atoms with E-state index >= 15 is 0 Å². The number of hydrogen-bond acceptors (Lipinski definition) is 6. The van der Waals surface area contributed by atoms with Crippen LogP contribution in [0.1, 0.15) is 49.4 Å². The highest BCUT2D eigenvalue weighted by atomic mass is 16.5. The molecule has 0 bridgehead atoms. The fraction of sp³-hybridized carbons (Fsp3) is 0.519. The maximum Gasteiger partial charge on any atom is 0.338 e. The Labute approximate surface area is 196 Å². The molecular weight excluding hydrogens is 418 g/mol. The summed E-state index contributed by atoms with van der Waals surface area (Å²) in [5, 5.41) is 11.9. The molecule has 0 amide bonds. The summed E-state index contributed by atoms with van der Waals surface area (Å²) >= 11 is 0. The van der Waals surface area contributed by atoms with Crippen LogP contribution in [0.15, 0.2) is 42.5 Å². The Morgan fingerprint density at radius 3 is 2.52 bits per heavy atom. The van der Waals surface area contributed by atoms with E-state index in [0.29, 0.717) is 30.4 Å². The first-order valence-electron chi connectivity index (χ1n) is 11.8. The Morgan fingerprint density at radius 2 is 1.85 bits per heavy atom. The first-order chi connectivity index (χ1) is 15.9. The Kier molecular flexibility index (Phi) is 6.96. The molecule has 1 fully saturated rings. The fourth-order valence-electron chi connectivity index (χ4n) is 5.37. The number of nitrogens with zero attached hydrogens (tertiary/aromatic N) is 1. The van der Waals surface area contributed by atoms with Gasteiger partial charge >= 0.3 is 5.97 Å². The molecule has 2 heterocycles. The predicted molar refractivity (Wildman–Crippen MR) is 126 cm³/mol. The van der Waals surface area contributed by atoms with E-state index < -0.39 is 11.6 Å². The number of aliphatic hydroxyl groups is 1. The maximum atomic E-state index is 13.4. The molecule has 4 rings (SSSR count). The third-order valence-corrected chi connectivity index (χ3v) is 7.07. The van der Waals surface area contributed by atoms with E-state index in [1.165, 1.54) is 5.56 Å². The Balaban J connectivity index is 1.63. The van der Waals surface area contributed by atoms with Crippen molar-refractivity contribution in [2.45, 2.75) is 51.4 Å². The number of carbonyl (C=O) groups is 1. The lowest BCUT2D eigenvalue weighted by atomic mass is 9.71. The molecule has 0 aromatic heterocycles. The molecule has 0 aliphatic carbocycles. The number of methoxy groups -OCH3 is 2. The molecule has 2 aromatic carbocycles. The number of esters is 1. The van der Waals surface area contributed by atoms with Gasteiger partial charge in [0.15, 0.2) is 17.1 Å². The van der Waals surface area contributed by atoms with Gasteiger partial charge in [0.2, 0.25) is 0 Å². The van der Waals surface area contributed by atoms with Crippen molar-refractivity contribution in [1.29, 1.82) is 0 Å². The Morgan fingerprint density at radius 1 is 1.15 bits per heavy atom. The summed E-state index contributed by atoms with van der Waals surface area (Å²) in [6.45, 7) is 5.96. The van der Waals surface area contributed by atoms with Gasteiger partial charge in [0.25, 0.3) is 0 Å². The van der Waals surface area contributed by atoms with Gasteiger partial charge < -0.3 is 19.3 Å². The first kappa shape index (κ1) is 23.6. The number of fused-ring (bicyclic) bond motifs is 3. The lowest BCUT2D eigenvalue weighted by Crippen LogP contribution is -2.59. The largest absolute Gasteiger partial charge is 0.493 e. The molecule has 3 atom stereocenters. The molecule has 2 aliphatic rings. The van der Waals surface area contributed by atoms with Crippen molar-refractivity contribution in [2.75, 3.05) is 27.3 Å². The van der Waals surface area contributed by atoms with Gasteiger partial charge in [0, 0.05) is 31.5 Å². The van der Waals surface area contributed by atoms with E-state index in [-0.39, 0.29) is 18.6 Å². The van der Waals surface area contributed by atoms with Crippen LogP contribution in [-0.4, -0.2) is 48.9 Å². The standard InChI is InChI=1S/C27H35NO5/c1-18(2)12-21-16-28-11-10-20-13-24(31-3)25(32-4)14-22(20)23(28)15-27(21,30)26(29)33-17-19-8-6-5-7-9-19/h5-9,13-14,18,21,23,30H,10-12,15-17H2,1-4H3/t21-,23-,27?/m1/s1. The number of benzene rings is 2. The number of hydrogen-bond donors (Lipinski definition) is 1. The molecule has 178 valence electrons. The molecular formula is C27H35NO5. The van der Waals surface area contributed by atoms with E-state index in [4.69, 9.17) is 14.2 Å². The van der Waals surface area contributed by atoms with Crippen molar-refractivity contribution in [1.82, 2.24) is 4.90 Å². The average Bonchev–Trinajstić information content (AvgIpc) is 2.82. The summed E-state index contributed by atoms with van der Waals surface area (Å²) in [6, 6.07) is 13.5. The van der Waals surface area contributed by atoms with Crippen LogP contribution in [0.3, 0.4) is 0 Å². The molecule has 33 heavy (non-hydrogen) atoms. The fourth-order valence-corrected chi connectivity index (χ4v) is 5.37. The van der Waals surface area contributed by atoms with Crippen LogP contribution in [0.4, 0.5) is 0 Å². The van der Waals surface area contributed by atoms with Crippen LogP contribution in [0.25, 0.3) is 0 Å². The van der Waals surface area contributed by atoms with Gasteiger partial charge in [-0.05, 0) is 47.6 Å². The van der Waals surface area contributed by atoms with E-state index in [9.17, 15) is 9.90 Å². The quantitative estimate of drug-likeness (QED) is 0.636. The van der Waals surface area contributed by atoms with E-state index in [2.05, 4.69) is 18.7 Å². The van der Waals surface area contributed by atoms with Crippen LogP contribution in [0.5, 0.6) is 11.5 Å². The Hall–Kier alpha value is -2.57. The topological polar surface area (TPSA) is 68.2 Å². The van der Waals surface area contributed by atoms with E-state index in [0.717, 1.165) is 30.5 Å². The summed E-state index contributed by atoms with van der Waals surface area (Å²) in [4.78, 5) is 15.8. The zero-order chi connectivity index (χ0) is 23.6. The van der Waals surface area contributed by atoms with E-state index in [1.807, 2.05) is 42.5 Å². The second kappa shape index (κ2) is 9.74. The second-order valence-corrected chi connectivity index (χ2v) is 9.68. The van der Waals surface area contributed by atoms with Crippen LogP contribution < -0.4 is 9.47 Å². The molecule has 0 saturated carbocycles. The summed E-state index contributed by atoms with van der Waals surface area (Å²) in [7, 11) is 3.26. The highest BCUT2D eigenvalue weighted by molar-refractivity contribution is 5.80. The second-order valence-electron chi connectivity index (χ2n) is 9.68. The molecule has 6 heteroatoms. The molecule has 2 aromatic rings. The van der Waals surface area contributed by atoms with Crippen molar-refractivity contribution in [2.24, 2.45) is 11.8 Å². The minimum atomic E-state index is -1.54.